The number of nitrogens with one attached hydrogen (secondary N) is 1. The van der Waals surface area contributed by atoms with Crippen molar-refractivity contribution >= 4 is 28.3 Å². The van der Waals surface area contributed by atoms with Gasteiger partial charge >= 0.3 is 0 Å². The summed E-state index contributed by atoms with van der Waals surface area (Å²) in [7, 11) is -3.65. The number of rotatable bonds is 6. The maximum Gasteiger partial charge on any atom is 0.248 e. The molecule has 3 rings (SSSR count). The van der Waals surface area contributed by atoms with Crippen LogP contribution in [0.1, 0.15) is 30.7 Å². The summed E-state index contributed by atoms with van der Waals surface area (Å²) in [6.45, 7) is 6.13. The van der Waals surface area contributed by atoms with E-state index in [1.165, 1.54) is 17.1 Å². The highest BCUT2D eigenvalue weighted by Crippen LogP contribution is 2.27. The third-order valence-corrected chi connectivity index (χ3v) is 6.92. The van der Waals surface area contributed by atoms with Crippen molar-refractivity contribution in [2.75, 3.05) is 39.3 Å². The van der Waals surface area contributed by atoms with Crippen molar-refractivity contribution < 1.29 is 17.7 Å². The van der Waals surface area contributed by atoms with Crippen LogP contribution < -0.4 is 5.32 Å². The molecule has 8 nitrogen and oxygen atoms in total. The molecule has 2 aliphatic rings. The average Bonchev–Trinajstić information content (AvgIpc) is 3.34. The highest BCUT2D eigenvalue weighted by molar-refractivity contribution is 7.89. The molecule has 1 aromatic rings. The Morgan fingerprint density at radius 1 is 1.23 bits per heavy atom. The summed E-state index contributed by atoms with van der Waals surface area (Å²) in [6, 6.07) is 0. The maximum atomic E-state index is 12.9. The summed E-state index contributed by atoms with van der Waals surface area (Å²) >= 11 is 0. The van der Waals surface area contributed by atoms with E-state index in [1.54, 1.807) is 18.7 Å². The molecule has 2 heterocycles. The van der Waals surface area contributed by atoms with Gasteiger partial charge in [-0.15, -0.1) is 12.4 Å². The minimum absolute atomic E-state index is 0. The maximum absolute atomic E-state index is 12.9. The van der Waals surface area contributed by atoms with Gasteiger partial charge in [0.05, 0.1) is 6.54 Å². The van der Waals surface area contributed by atoms with E-state index in [-0.39, 0.29) is 23.2 Å². The molecule has 1 N–H and O–H groups in total. The van der Waals surface area contributed by atoms with Gasteiger partial charge in [-0.1, -0.05) is 5.16 Å². The number of hydrogen-bond acceptors (Lipinski definition) is 6. The molecule has 2 fully saturated rings. The number of halogens is 1. The zero-order chi connectivity index (χ0) is 18.0. The lowest BCUT2D eigenvalue weighted by molar-refractivity contribution is -0.130. The van der Waals surface area contributed by atoms with Gasteiger partial charge < -0.3 is 14.7 Å². The molecule has 0 aromatic carbocycles. The molecular weight excluding hydrogens is 380 g/mol. The zero-order valence-corrected chi connectivity index (χ0v) is 16.9. The summed E-state index contributed by atoms with van der Waals surface area (Å²) in [5.41, 5.74) is 0.374. The highest BCUT2D eigenvalue weighted by Gasteiger charge is 2.32. The largest absolute Gasteiger partial charge is 0.360 e. The van der Waals surface area contributed by atoms with Gasteiger partial charge in [-0.3, -0.25) is 4.79 Å². The van der Waals surface area contributed by atoms with Crippen molar-refractivity contribution in [1.82, 2.24) is 19.7 Å². The molecule has 0 bridgehead atoms. The number of sulfonamides is 1. The minimum Gasteiger partial charge on any atom is -0.360 e. The summed E-state index contributed by atoms with van der Waals surface area (Å²) in [6.07, 6.45) is 3.12. The smallest absolute Gasteiger partial charge is 0.248 e. The van der Waals surface area contributed by atoms with Crippen molar-refractivity contribution in [2.45, 2.75) is 38.0 Å². The fraction of sp³-hybridized carbons (Fsp3) is 0.750. The summed E-state index contributed by atoms with van der Waals surface area (Å²) in [5.74, 6) is 1.07. The molecule has 0 radical (unpaired) electrons. The van der Waals surface area contributed by atoms with Gasteiger partial charge in [-0.2, -0.15) is 4.31 Å². The summed E-state index contributed by atoms with van der Waals surface area (Å²) < 4.78 is 32.2. The Morgan fingerprint density at radius 2 is 1.96 bits per heavy atom. The lowest BCUT2D eigenvalue weighted by atomic mass is 10.3. The molecular formula is C16H27ClN4O4S. The van der Waals surface area contributed by atoms with E-state index in [0.717, 1.165) is 12.5 Å². The first kappa shape index (κ1) is 21.1. The van der Waals surface area contributed by atoms with Crippen LogP contribution >= 0.6 is 12.4 Å². The molecule has 0 atom stereocenters. The second-order valence-electron chi connectivity index (χ2n) is 6.87. The second-order valence-corrected chi connectivity index (χ2v) is 8.74. The monoisotopic (exact) mass is 406 g/mol. The molecule has 1 amide bonds. The van der Waals surface area contributed by atoms with Gasteiger partial charge in [0.1, 0.15) is 10.6 Å². The third kappa shape index (κ3) is 4.76. The van der Waals surface area contributed by atoms with Crippen molar-refractivity contribution in [2.24, 2.45) is 5.92 Å². The normalized spacial score (nSPS) is 19.1. The SMILES string of the molecule is Cc1noc(C)c1S(=O)(=O)N1CCCN(C(=O)CNCC2CC2)CC1.Cl. The quantitative estimate of drug-likeness (QED) is 0.755. The molecule has 1 saturated carbocycles. The predicted molar refractivity (Wildman–Crippen MR) is 98.8 cm³/mol. The number of nitrogens with zero attached hydrogens (tertiary/aromatic N) is 3. The van der Waals surface area contributed by atoms with Crippen LogP contribution in [-0.2, 0) is 14.8 Å². The predicted octanol–water partition coefficient (Wildman–Crippen LogP) is 0.936. The Labute approximate surface area is 160 Å². The number of carbonyl (C=O) groups excluding carboxylic acids is 1. The number of hydrogen-bond donors (Lipinski definition) is 1. The lowest BCUT2D eigenvalue weighted by Gasteiger charge is -2.22. The molecule has 26 heavy (non-hydrogen) atoms. The number of amides is 1. The molecule has 1 saturated heterocycles. The number of aromatic nitrogens is 1. The molecule has 10 heteroatoms. The highest BCUT2D eigenvalue weighted by atomic mass is 35.5. The van der Waals surface area contributed by atoms with Crippen LogP contribution in [0.15, 0.2) is 9.42 Å². The van der Waals surface area contributed by atoms with Gasteiger partial charge in [0.2, 0.25) is 15.9 Å². The van der Waals surface area contributed by atoms with E-state index < -0.39 is 10.0 Å². The first-order valence-corrected chi connectivity index (χ1v) is 10.2. The zero-order valence-electron chi connectivity index (χ0n) is 15.2. The topological polar surface area (TPSA) is 95.8 Å². The molecule has 1 aliphatic heterocycles. The van der Waals surface area contributed by atoms with Crippen LogP contribution in [0.2, 0.25) is 0 Å². The lowest BCUT2D eigenvalue weighted by Crippen LogP contribution is -2.41. The van der Waals surface area contributed by atoms with Crippen molar-refractivity contribution in [3.05, 3.63) is 11.5 Å². The van der Waals surface area contributed by atoms with Gasteiger partial charge in [-0.25, -0.2) is 8.42 Å². The Kier molecular flexibility index (Phi) is 7.06. The Hall–Kier alpha value is -1.16. The van der Waals surface area contributed by atoms with Crippen LogP contribution in [0.3, 0.4) is 0 Å². The van der Waals surface area contributed by atoms with Crippen LogP contribution in [0.25, 0.3) is 0 Å². The molecule has 0 unspecified atom stereocenters. The van der Waals surface area contributed by atoms with E-state index in [1.807, 2.05) is 0 Å². The molecule has 1 aromatic heterocycles. The molecule has 0 spiro atoms. The molecule has 148 valence electrons. The number of carbonyl (C=O) groups is 1. The van der Waals surface area contributed by atoms with Crippen molar-refractivity contribution in [3.63, 3.8) is 0 Å². The van der Waals surface area contributed by atoms with Crippen LogP contribution in [0.4, 0.5) is 0 Å². The Balaban J connectivity index is 0.00000243. The number of aryl methyl sites for hydroxylation is 2. The van der Waals surface area contributed by atoms with Crippen molar-refractivity contribution in [1.29, 1.82) is 0 Å². The Bertz CT molecular complexity index is 713. The van der Waals surface area contributed by atoms with Crippen LogP contribution in [0, 0.1) is 19.8 Å². The van der Waals surface area contributed by atoms with Gasteiger partial charge in [-0.05, 0) is 45.6 Å². The Morgan fingerprint density at radius 3 is 2.58 bits per heavy atom. The van der Waals surface area contributed by atoms with Gasteiger partial charge in [0.25, 0.3) is 0 Å². The van der Waals surface area contributed by atoms with E-state index in [2.05, 4.69) is 10.5 Å². The van der Waals surface area contributed by atoms with Crippen LogP contribution in [0.5, 0.6) is 0 Å². The minimum atomic E-state index is -3.65. The van der Waals surface area contributed by atoms with E-state index in [0.29, 0.717) is 50.6 Å². The fourth-order valence-electron chi connectivity index (χ4n) is 3.17. The standard InChI is InChI=1S/C16H26N4O4S.ClH/c1-12-16(13(2)24-18-12)25(22,23)20-7-3-6-19(8-9-20)15(21)11-17-10-14-4-5-14;/h14,17H,3-11H2,1-2H3;1H. The van der Waals surface area contributed by atoms with Gasteiger partial charge in [0, 0.05) is 26.2 Å². The van der Waals surface area contributed by atoms with Crippen LogP contribution in [-0.4, -0.2) is 68.0 Å². The first-order chi connectivity index (χ1) is 11.9. The average molecular weight is 407 g/mol. The van der Waals surface area contributed by atoms with E-state index >= 15 is 0 Å². The summed E-state index contributed by atoms with van der Waals surface area (Å²) in [5, 5.41) is 6.94. The summed E-state index contributed by atoms with van der Waals surface area (Å²) in [4.78, 5) is 14.2. The van der Waals surface area contributed by atoms with Crippen molar-refractivity contribution in [3.8, 4) is 0 Å². The van der Waals surface area contributed by atoms with E-state index in [9.17, 15) is 13.2 Å². The van der Waals surface area contributed by atoms with E-state index in [4.69, 9.17) is 4.52 Å². The second kappa shape index (κ2) is 8.69. The third-order valence-electron chi connectivity index (χ3n) is 4.78. The fourth-order valence-corrected chi connectivity index (χ4v) is 4.93. The molecule has 1 aliphatic carbocycles. The first-order valence-electron chi connectivity index (χ1n) is 8.81. The van der Waals surface area contributed by atoms with Gasteiger partial charge in [0.15, 0.2) is 5.76 Å².